The van der Waals surface area contributed by atoms with E-state index in [2.05, 4.69) is 0 Å². The number of ether oxygens (including phenoxy) is 3. The van der Waals surface area contributed by atoms with Crippen molar-refractivity contribution in [2.75, 3.05) is 20.4 Å². The Morgan fingerprint density at radius 1 is 0.737 bits per heavy atom. The SMILES string of the molecule is COc1cccc(CC(=O)[N+](CC(=O)c2ccccc2)(Cc2ccccc2)Cc2ccc3c(c2)OCO3)c1. The van der Waals surface area contributed by atoms with Crippen LogP contribution in [0.4, 0.5) is 0 Å². The van der Waals surface area contributed by atoms with Crippen LogP contribution in [0.5, 0.6) is 17.2 Å². The molecule has 4 aromatic rings. The van der Waals surface area contributed by atoms with Gasteiger partial charge < -0.3 is 14.2 Å². The fourth-order valence-corrected chi connectivity index (χ4v) is 4.87. The zero-order chi connectivity index (χ0) is 26.4. The second-order valence-corrected chi connectivity index (χ2v) is 9.50. The first-order chi connectivity index (χ1) is 18.5. The molecule has 0 bridgehead atoms. The summed E-state index contributed by atoms with van der Waals surface area (Å²) in [7, 11) is 1.61. The molecule has 0 aromatic heterocycles. The number of carbonyl (C=O) groups is 2. The number of methoxy groups -OCH3 is 1. The molecule has 0 aliphatic carbocycles. The Morgan fingerprint density at radius 2 is 1.42 bits per heavy atom. The molecule has 5 rings (SSSR count). The third-order valence-corrected chi connectivity index (χ3v) is 6.81. The molecule has 6 nitrogen and oxygen atoms in total. The number of carbonyl (C=O) groups excluding carboxylic acids is 2. The minimum Gasteiger partial charge on any atom is -0.497 e. The van der Waals surface area contributed by atoms with E-state index < -0.39 is 0 Å². The lowest BCUT2D eigenvalue weighted by Crippen LogP contribution is -2.55. The number of nitrogens with zero attached hydrogens (tertiary/aromatic N) is 1. The summed E-state index contributed by atoms with van der Waals surface area (Å²) in [4.78, 5) is 28.0. The predicted molar refractivity (Wildman–Crippen MR) is 144 cm³/mol. The molecule has 0 N–H and O–H groups in total. The molecule has 6 heteroatoms. The number of hydrogen-bond acceptors (Lipinski definition) is 5. The van der Waals surface area contributed by atoms with E-state index in [-0.39, 0.29) is 35.9 Å². The number of amides is 1. The maximum atomic E-state index is 14.4. The first-order valence-electron chi connectivity index (χ1n) is 12.6. The van der Waals surface area contributed by atoms with Gasteiger partial charge in [0, 0.05) is 16.7 Å². The van der Waals surface area contributed by atoms with E-state index in [0.29, 0.717) is 35.9 Å². The number of rotatable bonds is 10. The van der Waals surface area contributed by atoms with Crippen molar-refractivity contribution in [3.8, 4) is 17.2 Å². The molecule has 0 radical (unpaired) electrons. The van der Waals surface area contributed by atoms with E-state index in [1.54, 1.807) is 19.2 Å². The van der Waals surface area contributed by atoms with Crippen molar-refractivity contribution < 1.29 is 28.3 Å². The summed E-state index contributed by atoms with van der Waals surface area (Å²) in [5, 5.41) is 0. The van der Waals surface area contributed by atoms with Gasteiger partial charge in [0.05, 0.1) is 13.5 Å². The molecule has 1 amide bonds. The Balaban J connectivity index is 1.57. The van der Waals surface area contributed by atoms with Gasteiger partial charge in [-0.3, -0.25) is 4.79 Å². The Labute approximate surface area is 222 Å². The van der Waals surface area contributed by atoms with Gasteiger partial charge in [0.1, 0.15) is 18.8 Å². The third-order valence-electron chi connectivity index (χ3n) is 6.81. The summed E-state index contributed by atoms with van der Waals surface area (Å²) in [6, 6.07) is 32.2. The lowest BCUT2D eigenvalue weighted by atomic mass is 10.0. The van der Waals surface area contributed by atoms with E-state index in [4.69, 9.17) is 14.2 Å². The molecule has 0 saturated heterocycles. The molecule has 1 aliphatic rings. The van der Waals surface area contributed by atoms with E-state index in [0.717, 1.165) is 16.7 Å². The minimum atomic E-state index is -0.0822. The molecule has 38 heavy (non-hydrogen) atoms. The number of quaternary nitrogens is 1. The second-order valence-electron chi connectivity index (χ2n) is 9.50. The Hall–Kier alpha value is -4.42. The average Bonchev–Trinajstić information content (AvgIpc) is 3.42. The van der Waals surface area contributed by atoms with Crippen molar-refractivity contribution in [2.24, 2.45) is 0 Å². The third kappa shape index (κ3) is 5.76. The van der Waals surface area contributed by atoms with Crippen molar-refractivity contribution >= 4 is 11.7 Å². The van der Waals surface area contributed by atoms with Gasteiger partial charge in [0.25, 0.3) is 0 Å². The summed E-state index contributed by atoms with van der Waals surface area (Å²) in [6.07, 6.45) is 0.163. The summed E-state index contributed by atoms with van der Waals surface area (Å²) in [5.41, 5.74) is 3.30. The summed E-state index contributed by atoms with van der Waals surface area (Å²) in [5.74, 6) is 1.88. The van der Waals surface area contributed by atoms with Crippen LogP contribution in [0.1, 0.15) is 27.0 Å². The van der Waals surface area contributed by atoms with Gasteiger partial charge in [0.2, 0.25) is 12.6 Å². The number of benzene rings is 4. The van der Waals surface area contributed by atoms with Gasteiger partial charge in [0.15, 0.2) is 18.0 Å². The quantitative estimate of drug-likeness (QED) is 0.206. The van der Waals surface area contributed by atoms with Crippen LogP contribution in [-0.4, -0.2) is 36.6 Å². The first-order valence-corrected chi connectivity index (χ1v) is 12.6. The molecule has 1 heterocycles. The normalized spacial score (nSPS) is 13.5. The molecule has 1 atom stereocenters. The monoisotopic (exact) mass is 508 g/mol. The Kier molecular flexibility index (Phi) is 7.52. The molecule has 0 spiro atoms. The van der Waals surface area contributed by atoms with E-state index in [1.165, 1.54) is 0 Å². The number of hydrogen-bond donors (Lipinski definition) is 0. The largest absolute Gasteiger partial charge is 0.497 e. The van der Waals surface area contributed by atoms with Crippen LogP contribution in [0.3, 0.4) is 0 Å². The summed E-state index contributed by atoms with van der Waals surface area (Å²) >= 11 is 0. The highest BCUT2D eigenvalue weighted by Gasteiger charge is 2.40. The molecule has 1 aliphatic heterocycles. The van der Waals surface area contributed by atoms with Crippen molar-refractivity contribution in [1.82, 2.24) is 0 Å². The van der Waals surface area contributed by atoms with Crippen LogP contribution in [0, 0.1) is 0 Å². The van der Waals surface area contributed by atoms with E-state index in [9.17, 15) is 9.59 Å². The van der Waals surface area contributed by atoms with Crippen molar-refractivity contribution in [3.63, 3.8) is 0 Å². The van der Waals surface area contributed by atoms with Crippen molar-refractivity contribution in [3.05, 3.63) is 125 Å². The van der Waals surface area contributed by atoms with E-state index in [1.807, 2.05) is 91.0 Å². The minimum absolute atomic E-state index is 0.0240. The molecule has 192 valence electrons. The molecule has 0 saturated carbocycles. The smallest absolute Gasteiger partial charge is 0.319 e. The van der Waals surface area contributed by atoms with Crippen molar-refractivity contribution in [1.29, 1.82) is 0 Å². The number of Topliss-reactive ketones (excluding diaryl/α,β-unsaturated/α-hetero) is 1. The first kappa shape index (κ1) is 25.2. The van der Waals surface area contributed by atoms with Crippen LogP contribution in [0.25, 0.3) is 0 Å². The fraction of sp³-hybridized carbons (Fsp3) is 0.188. The molecule has 0 fully saturated rings. The topological polar surface area (TPSA) is 61.8 Å². The summed E-state index contributed by atoms with van der Waals surface area (Å²) in [6.45, 7) is 0.893. The highest BCUT2D eigenvalue weighted by molar-refractivity contribution is 5.97. The zero-order valence-electron chi connectivity index (χ0n) is 21.3. The predicted octanol–water partition coefficient (Wildman–Crippen LogP) is 5.59. The molecule has 1 unspecified atom stereocenters. The van der Waals surface area contributed by atoms with Crippen LogP contribution in [0.2, 0.25) is 0 Å². The average molecular weight is 509 g/mol. The van der Waals surface area contributed by atoms with Gasteiger partial charge in [-0.25, -0.2) is 9.28 Å². The van der Waals surface area contributed by atoms with Gasteiger partial charge in [-0.2, -0.15) is 0 Å². The molecular weight excluding hydrogens is 478 g/mol. The maximum absolute atomic E-state index is 14.4. The van der Waals surface area contributed by atoms with Gasteiger partial charge in [-0.05, 0) is 35.9 Å². The van der Waals surface area contributed by atoms with Crippen LogP contribution < -0.4 is 14.2 Å². The standard InChI is InChI=1S/C32H30NO5/c1-36-28-14-8-11-25(17-28)19-32(35)33(20-24-9-4-2-5-10-24,22-29(34)27-12-6-3-7-13-27)21-26-15-16-30-31(18-26)38-23-37-30/h2-18H,19-23H2,1H3/q+1. The van der Waals surface area contributed by atoms with E-state index >= 15 is 0 Å². The molecule has 4 aromatic carbocycles. The van der Waals surface area contributed by atoms with Crippen LogP contribution in [0.15, 0.2) is 103 Å². The maximum Gasteiger partial charge on any atom is 0.319 e. The van der Waals surface area contributed by atoms with Gasteiger partial charge >= 0.3 is 5.91 Å². The fourth-order valence-electron chi connectivity index (χ4n) is 4.87. The van der Waals surface area contributed by atoms with Crippen LogP contribution >= 0.6 is 0 Å². The van der Waals surface area contributed by atoms with Gasteiger partial charge in [-0.1, -0.05) is 72.8 Å². The lowest BCUT2D eigenvalue weighted by molar-refractivity contribution is -0.873. The number of fused-ring (bicyclic) bond motifs is 1. The van der Waals surface area contributed by atoms with Crippen LogP contribution in [-0.2, 0) is 24.3 Å². The lowest BCUT2D eigenvalue weighted by Gasteiger charge is -2.36. The Morgan fingerprint density at radius 3 is 2.18 bits per heavy atom. The van der Waals surface area contributed by atoms with Crippen molar-refractivity contribution in [2.45, 2.75) is 19.5 Å². The van der Waals surface area contributed by atoms with Gasteiger partial charge in [-0.15, -0.1) is 0 Å². The number of ketones is 1. The Bertz CT molecular complexity index is 1420. The zero-order valence-corrected chi connectivity index (χ0v) is 21.3. The molecular formula is C32H30NO5+. The summed E-state index contributed by atoms with van der Waals surface area (Å²) < 4.78 is 16.4. The highest BCUT2D eigenvalue weighted by Crippen LogP contribution is 2.34. The second kappa shape index (κ2) is 11.3. The highest BCUT2D eigenvalue weighted by atomic mass is 16.7.